The van der Waals surface area contributed by atoms with Gasteiger partial charge in [0.15, 0.2) is 0 Å². The van der Waals surface area contributed by atoms with Gasteiger partial charge in [-0.2, -0.15) is 0 Å². The molecule has 2 heterocycles. The molecule has 2 rings (SSSR count). The number of rotatable bonds is 1. The summed E-state index contributed by atoms with van der Waals surface area (Å²) < 4.78 is 1.07. The Bertz CT molecular complexity index is 438. The quantitative estimate of drug-likeness (QED) is 0.796. The molecule has 0 radical (unpaired) electrons. The third kappa shape index (κ3) is 2.23. The van der Waals surface area contributed by atoms with E-state index in [4.69, 9.17) is 0 Å². The molecular weight excluding hydrogens is 252 g/mol. The van der Waals surface area contributed by atoms with Gasteiger partial charge in [-0.1, -0.05) is 13.8 Å². The van der Waals surface area contributed by atoms with Gasteiger partial charge in [-0.3, -0.25) is 4.99 Å². The Kier molecular flexibility index (Phi) is 2.59. The van der Waals surface area contributed by atoms with E-state index in [0.717, 1.165) is 22.3 Å². The molecule has 0 atom stereocenters. The Morgan fingerprint density at radius 1 is 1.53 bits per heavy atom. The van der Waals surface area contributed by atoms with Gasteiger partial charge in [0.1, 0.15) is 0 Å². The van der Waals surface area contributed by atoms with Crippen molar-refractivity contribution in [2.24, 2.45) is 10.4 Å². The number of halogens is 1. The number of hydrogen-bond acceptors (Lipinski definition) is 1. The molecule has 0 saturated heterocycles. The third-order valence-corrected chi connectivity index (χ3v) is 3.12. The summed E-state index contributed by atoms with van der Waals surface area (Å²) in [7, 11) is 0. The van der Waals surface area contributed by atoms with Crippen LogP contribution in [0.3, 0.4) is 0 Å². The van der Waals surface area contributed by atoms with Crippen molar-refractivity contribution < 1.29 is 0 Å². The summed E-state index contributed by atoms with van der Waals surface area (Å²) in [6, 6.07) is 2.06. The van der Waals surface area contributed by atoms with Gasteiger partial charge in [0, 0.05) is 33.2 Å². The van der Waals surface area contributed by atoms with Crippen molar-refractivity contribution in [3.63, 3.8) is 0 Å². The van der Waals surface area contributed by atoms with Gasteiger partial charge < -0.3 is 4.98 Å². The van der Waals surface area contributed by atoms with Gasteiger partial charge in [0.2, 0.25) is 0 Å². The molecule has 0 unspecified atom stereocenters. The molecule has 0 saturated carbocycles. The van der Waals surface area contributed by atoms with Crippen molar-refractivity contribution >= 4 is 27.7 Å². The summed E-state index contributed by atoms with van der Waals surface area (Å²) in [5.41, 5.74) is 3.65. The number of H-pyrrole nitrogens is 1. The van der Waals surface area contributed by atoms with Gasteiger partial charge >= 0.3 is 0 Å². The van der Waals surface area contributed by atoms with Gasteiger partial charge in [0.05, 0.1) is 0 Å². The number of nitrogens with one attached hydrogen (secondary N) is 1. The second-order valence-electron chi connectivity index (χ2n) is 4.71. The van der Waals surface area contributed by atoms with E-state index in [1.165, 1.54) is 5.71 Å². The van der Waals surface area contributed by atoms with Crippen LogP contribution in [-0.2, 0) is 0 Å². The van der Waals surface area contributed by atoms with Crippen LogP contribution in [0.5, 0.6) is 0 Å². The molecule has 2 nitrogen and oxygen atoms in total. The molecule has 0 bridgehead atoms. The van der Waals surface area contributed by atoms with Crippen LogP contribution in [0, 0.1) is 5.41 Å². The Morgan fingerprint density at radius 2 is 2.27 bits per heavy atom. The van der Waals surface area contributed by atoms with Gasteiger partial charge in [0.25, 0.3) is 0 Å². The molecule has 15 heavy (non-hydrogen) atoms. The summed E-state index contributed by atoms with van der Waals surface area (Å²) in [6.07, 6.45) is 5.12. The fourth-order valence-corrected chi connectivity index (χ4v) is 2.33. The number of aromatic amines is 1. The number of allylic oxidation sites excluding steroid dienone is 1. The minimum Gasteiger partial charge on any atom is -0.361 e. The Balaban J connectivity index is 2.34. The normalized spacial score (nSPS) is 22.1. The lowest BCUT2D eigenvalue weighted by molar-refractivity contribution is 0.488. The summed E-state index contributed by atoms with van der Waals surface area (Å²) >= 11 is 3.43. The van der Waals surface area contributed by atoms with Gasteiger partial charge in [-0.05, 0) is 41.4 Å². The Hall–Kier alpha value is -0.830. The summed E-state index contributed by atoms with van der Waals surface area (Å²) in [5.74, 6) is 0. The molecule has 3 heteroatoms. The fraction of sp³-hybridized carbons (Fsp3) is 0.417. The van der Waals surface area contributed by atoms with Crippen molar-refractivity contribution in [3.8, 4) is 0 Å². The van der Waals surface area contributed by atoms with E-state index in [1.807, 2.05) is 6.20 Å². The van der Waals surface area contributed by atoms with Crippen LogP contribution in [0.25, 0.3) is 6.08 Å². The maximum atomic E-state index is 4.59. The topological polar surface area (TPSA) is 28.1 Å². The molecule has 1 aromatic rings. The first kappa shape index (κ1) is 10.7. The summed E-state index contributed by atoms with van der Waals surface area (Å²) in [6.45, 7) is 6.56. The van der Waals surface area contributed by atoms with E-state index < -0.39 is 0 Å². The molecule has 80 valence electrons. The number of hydrogen-bond donors (Lipinski definition) is 1. The predicted octanol–water partition coefficient (Wildman–Crippen LogP) is 4.01. The molecule has 0 fully saturated rings. The number of aromatic nitrogens is 1. The van der Waals surface area contributed by atoms with Crippen molar-refractivity contribution in [3.05, 3.63) is 28.1 Å². The Labute approximate surface area is 98.6 Å². The summed E-state index contributed by atoms with van der Waals surface area (Å²) in [5, 5.41) is 0. The van der Waals surface area contributed by atoms with Crippen molar-refractivity contribution in [2.75, 3.05) is 0 Å². The smallest absolute Gasteiger partial charge is 0.0483 e. The maximum absolute atomic E-state index is 4.59. The predicted molar refractivity (Wildman–Crippen MR) is 68.0 cm³/mol. The lowest BCUT2D eigenvalue weighted by atomic mass is 9.86. The van der Waals surface area contributed by atoms with E-state index >= 15 is 0 Å². The van der Waals surface area contributed by atoms with Crippen LogP contribution < -0.4 is 0 Å². The SMILES string of the molecule is CC1=N/C(=C\c2cc(Br)c[nH]2)C(C)(C)C1. The molecule has 1 aromatic heterocycles. The first-order chi connectivity index (χ1) is 6.97. The molecule has 0 spiro atoms. The average molecular weight is 267 g/mol. The van der Waals surface area contributed by atoms with E-state index in [0.29, 0.717) is 0 Å². The van der Waals surface area contributed by atoms with E-state index in [9.17, 15) is 0 Å². The van der Waals surface area contributed by atoms with Crippen molar-refractivity contribution in [1.82, 2.24) is 4.98 Å². The second-order valence-corrected chi connectivity index (χ2v) is 5.63. The fourth-order valence-electron chi connectivity index (χ4n) is 1.97. The van der Waals surface area contributed by atoms with E-state index in [-0.39, 0.29) is 5.41 Å². The second kappa shape index (κ2) is 3.63. The zero-order chi connectivity index (χ0) is 11.1. The lowest BCUT2D eigenvalue weighted by Gasteiger charge is -2.17. The van der Waals surface area contributed by atoms with Crippen LogP contribution in [0.15, 0.2) is 27.4 Å². The molecular formula is C12H15BrN2. The first-order valence-electron chi connectivity index (χ1n) is 5.08. The van der Waals surface area contributed by atoms with Gasteiger partial charge in [-0.25, -0.2) is 0 Å². The number of aliphatic imine (C=N–C) groups is 1. The van der Waals surface area contributed by atoms with Crippen molar-refractivity contribution in [1.29, 1.82) is 0 Å². The molecule has 1 aliphatic rings. The standard InChI is InChI=1S/C12H15BrN2/c1-8-6-12(2,3)11(15-8)5-10-4-9(13)7-14-10/h4-5,7,14H,6H2,1-3H3/b11-5-. The highest BCUT2D eigenvalue weighted by Crippen LogP contribution is 2.38. The molecule has 1 N–H and O–H groups in total. The number of nitrogens with zero attached hydrogens (tertiary/aromatic N) is 1. The van der Waals surface area contributed by atoms with Crippen LogP contribution in [0.1, 0.15) is 32.9 Å². The van der Waals surface area contributed by atoms with Crippen LogP contribution in [-0.4, -0.2) is 10.7 Å². The van der Waals surface area contributed by atoms with Crippen LogP contribution >= 0.6 is 15.9 Å². The highest BCUT2D eigenvalue weighted by atomic mass is 79.9. The summed E-state index contributed by atoms with van der Waals surface area (Å²) in [4.78, 5) is 7.78. The molecule has 0 aliphatic carbocycles. The lowest BCUT2D eigenvalue weighted by Crippen LogP contribution is -2.09. The largest absolute Gasteiger partial charge is 0.361 e. The highest BCUT2D eigenvalue weighted by Gasteiger charge is 2.29. The van der Waals surface area contributed by atoms with Crippen LogP contribution in [0.4, 0.5) is 0 Å². The first-order valence-corrected chi connectivity index (χ1v) is 5.87. The zero-order valence-corrected chi connectivity index (χ0v) is 10.9. The average Bonchev–Trinajstić information content (AvgIpc) is 2.58. The molecule has 0 amide bonds. The molecule has 0 aromatic carbocycles. The van der Waals surface area contributed by atoms with Gasteiger partial charge in [-0.15, -0.1) is 0 Å². The van der Waals surface area contributed by atoms with Crippen molar-refractivity contribution in [2.45, 2.75) is 27.2 Å². The third-order valence-electron chi connectivity index (χ3n) is 2.66. The van der Waals surface area contributed by atoms with E-state index in [2.05, 4.69) is 58.8 Å². The maximum Gasteiger partial charge on any atom is 0.0483 e. The minimum absolute atomic E-state index is 0.168. The van der Waals surface area contributed by atoms with Crippen LogP contribution in [0.2, 0.25) is 0 Å². The molecule has 1 aliphatic heterocycles. The van der Waals surface area contributed by atoms with E-state index in [1.54, 1.807) is 0 Å². The monoisotopic (exact) mass is 266 g/mol. The minimum atomic E-state index is 0.168. The zero-order valence-electron chi connectivity index (χ0n) is 9.26. The Morgan fingerprint density at radius 3 is 2.73 bits per heavy atom. The highest BCUT2D eigenvalue weighted by molar-refractivity contribution is 9.10.